The zero-order valence-electron chi connectivity index (χ0n) is 10.9. The Morgan fingerprint density at radius 2 is 1.88 bits per heavy atom. The Kier molecular flexibility index (Phi) is 5.61. The van der Waals surface area contributed by atoms with E-state index < -0.39 is 14.2 Å². The summed E-state index contributed by atoms with van der Waals surface area (Å²) in [4.78, 5) is 0. The first-order valence-electron chi connectivity index (χ1n) is 5.96. The molecule has 0 heterocycles. The van der Waals surface area contributed by atoms with Crippen LogP contribution in [-0.2, 0) is 11.3 Å². The number of ether oxygens (including phenoxy) is 1. The Morgan fingerprint density at radius 1 is 1.24 bits per heavy atom. The Hall–Kier alpha value is -0.903. The molecule has 0 aliphatic rings. The van der Waals surface area contributed by atoms with Gasteiger partial charge in [0.25, 0.3) is 0 Å². The molecule has 2 nitrogen and oxygen atoms in total. The molecule has 0 spiro atoms. The molecule has 0 aliphatic heterocycles. The molecule has 0 fully saturated rings. The molecule has 0 aromatic heterocycles. The monoisotopic (exact) mass is 250 g/mol. The van der Waals surface area contributed by atoms with E-state index in [-0.39, 0.29) is 0 Å². The van der Waals surface area contributed by atoms with Crippen LogP contribution < -0.4 is 0 Å². The average Bonchev–Trinajstić information content (AvgIpc) is 2.27. The van der Waals surface area contributed by atoms with Crippen LogP contribution in [0.2, 0.25) is 19.6 Å². The van der Waals surface area contributed by atoms with Crippen molar-refractivity contribution in [3.05, 3.63) is 47.7 Å². The second-order valence-corrected chi connectivity index (χ2v) is 10.4. The van der Waals surface area contributed by atoms with Crippen molar-refractivity contribution in [1.82, 2.24) is 0 Å². The smallest absolute Gasteiger partial charge is 0.0951 e. The minimum Gasteiger partial charge on any atom is -0.387 e. The maximum atomic E-state index is 9.70. The molecule has 1 aromatic rings. The van der Waals surface area contributed by atoms with E-state index in [1.807, 2.05) is 36.4 Å². The number of hydrogen-bond donors (Lipinski definition) is 1. The molecule has 0 saturated heterocycles. The molecular weight excluding hydrogens is 228 g/mol. The summed E-state index contributed by atoms with van der Waals surface area (Å²) in [7, 11) is -1.22. The standard InChI is InChI=1S/C14H22O2Si/c1-17(2,3)10-9-14(15)12-16-11-13-7-5-4-6-8-13/h4-10,14-15H,11-12H2,1-3H3/b10-9+/t14-/m1/s1. The fourth-order valence-corrected chi connectivity index (χ4v) is 2.13. The highest BCUT2D eigenvalue weighted by molar-refractivity contribution is 6.80. The van der Waals surface area contributed by atoms with Crippen molar-refractivity contribution in [2.24, 2.45) is 0 Å². The van der Waals surface area contributed by atoms with E-state index in [0.29, 0.717) is 13.2 Å². The highest BCUT2D eigenvalue weighted by Gasteiger charge is 2.08. The van der Waals surface area contributed by atoms with Crippen molar-refractivity contribution in [3.63, 3.8) is 0 Å². The van der Waals surface area contributed by atoms with E-state index in [2.05, 4.69) is 25.3 Å². The highest BCUT2D eigenvalue weighted by atomic mass is 28.3. The maximum absolute atomic E-state index is 9.70. The van der Waals surface area contributed by atoms with Crippen LogP contribution in [0.25, 0.3) is 0 Å². The van der Waals surface area contributed by atoms with E-state index >= 15 is 0 Å². The summed E-state index contributed by atoms with van der Waals surface area (Å²) in [6.07, 6.45) is 1.36. The Morgan fingerprint density at radius 3 is 2.47 bits per heavy atom. The van der Waals surface area contributed by atoms with Crippen molar-refractivity contribution in [3.8, 4) is 0 Å². The van der Waals surface area contributed by atoms with Crippen LogP contribution in [-0.4, -0.2) is 25.9 Å². The van der Waals surface area contributed by atoms with Crippen LogP contribution in [0.5, 0.6) is 0 Å². The van der Waals surface area contributed by atoms with Crippen molar-refractivity contribution < 1.29 is 9.84 Å². The molecular formula is C14H22O2Si. The van der Waals surface area contributed by atoms with Gasteiger partial charge in [-0.05, 0) is 5.56 Å². The molecule has 1 rings (SSSR count). The lowest BCUT2D eigenvalue weighted by molar-refractivity contribution is 0.0504. The second-order valence-electron chi connectivity index (χ2n) is 5.29. The first kappa shape index (κ1) is 14.2. The van der Waals surface area contributed by atoms with E-state index in [0.717, 1.165) is 5.56 Å². The molecule has 0 bridgehead atoms. The number of hydrogen-bond acceptors (Lipinski definition) is 2. The van der Waals surface area contributed by atoms with Crippen LogP contribution in [0.4, 0.5) is 0 Å². The Labute approximate surface area is 105 Å². The molecule has 0 aliphatic carbocycles. The molecule has 1 atom stereocenters. The lowest BCUT2D eigenvalue weighted by Gasteiger charge is -2.11. The van der Waals surface area contributed by atoms with Gasteiger partial charge in [0.2, 0.25) is 0 Å². The van der Waals surface area contributed by atoms with Gasteiger partial charge in [0.15, 0.2) is 0 Å². The Bertz CT molecular complexity index is 341. The fourth-order valence-electron chi connectivity index (χ4n) is 1.33. The van der Waals surface area contributed by atoms with E-state index in [1.54, 1.807) is 0 Å². The SMILES string of the molecule is C[Si](C)(C)/C=C/[C@@H](O)COCc1ccccc1. The predicted molar refractivity (Wildman–Crippen MR) is 74.6 cm³/mol. The lowest BCUT2D eigenvalue weighted by atomic mass is 10.2. The summed E-state index contributed by atoms with van der Waals surface area (Å²) in [5.74, 6) is 0. The third kappa shape index (κ3) is 7.10. The first-order chi connectivity index (χ1) is 7.97. The van der Waals surface area contributed by atoms with Gasteiger partial charge in [0.05, 0.1) is 27.4 Å². The molecule has 3 heteroatoms. The summed E-state index contributed by atoms with van der Waals surface area (Å²) in [5.41, 5.74) is 3.28. The van der Waals surface area contributed by atoms with Gasteiger partial charge in [-0.15, -0.1) is 0 Å². The minimum atomic E-state index is -1.22. The molecule has 17 heavy (non-hydrogen) atoms. The number of aliphatic hydroxyl groups excluding tert-OH is 1. The van der Waals surface area contributed by atoms with Gasteiger partial charge in [-0.3, -0.25) is 0 Å². The summed E-state index contributed by atoms with van der Waals surface area (Å²) in [5, 5.41) is 9.70. The van der Waals surface area contributed by atoms with Crippen LogP contribution >= 0.6 is 0 Å². The van der Waals surface area contributed by atoms with Gasteiger partial charge in [0.1, 0.15) is 0 Å². The molecule has 1 N–H and O–H groups in total. The molecule has 0 unspecified atom stereocenters. The first-order valence-corrected chi connectivity index (χ1v) is 9.54. The van der Waals surface area contributed by atoms with E-state index in [9.17, 15) is 5.11 Å². The summed E-state index contributed by atoms with van der Waals surface area (Å²) < 4.78 is 5.46. The van der Waals surface area contributed by atoms with Gasteiger partial charge in [0, 0.05) is 0 Å². The number of rotatable bonds is 6. The summed E-state index contributed by atoms with van der Waals surface area (Å²) in [6.45, 7) is 7.62. The lowest BCUT2D eigenvalue weighted by Crippen LogP contribution is -2.19. The zero-order chi connectivity index (χ0) is 12.7. The topological polar surface area (TPSA) is 29.5 Å². The number of aliphatic hydroxyl groups is 1. The quantitative estimate of drug-likeness (QED) is 0.787. The molecule has 94 valence electrons. The minimum absolute atomic E-state index is 0.357. The molecule has 1 aromatic carbocycles. The predicted octanol–water partition coefficient (Wildman–Crippen LogP) is 3.00. The van der Waals surface area contributed by atoms with Gasteiger partial charge < -0.3 is 9.84 Å². The second kappa shape index (κ2) is 6.74. The van der Waals surface area contributed by atoms with Gasteiger partial charge in [-0.1, -0.05) is 61.7 Å². The Balaban J connectivity index is 2.25. The van der Waals surface area contributed by atoms with Crippen LogP contribution in [0.1, 0.15) is 5.56 Å². The zero-order valence-corrected chi connectivity index (χ0v) is 11.9. The summed E-state index contributed by atoms with van der Waals surface area (Å²) in [6, 6.07) is 9.99. The van der Waals surface area contributed by atoms with Gasteiger partial charge in [-0.25, -0.2) is 0 Å². The van der Waals surface area contributed by atoms with E-state index in [1.165, 1.54) is 0 Å². The fraction of sp³-hybridized carbons (Fsp3) is 0.429. The van der Waals surface area contributed by atoms with Crippen molar-refractivity contribution in [2.75, 3.05) is 6.61 Å². The van der Waals surface area contributed by atoms with Crippen molar-refractivity contribution in [2.45, 2.75) is 32.4 Å². The van der Waals surface area contributed by atoms with Gasteiger partial charge in [-0.2, -0.15) is 0 Å². The van der Waals surface area contributed by atoms with Crippen LogP contribution in [0.15, 0.2) is 42.1 Å². The summed E-state index contributed by atoms with van der Waals surface area (Å²) >= 11 is 0. The molecule has 0 amide bonds. The largest absolute Gasteiger partial charge is 0.387 e. The van der Waals surface area contributed by atoms with E-state index in [4.69, 9.17) is 4.74 Å². The average molecular weight is 250 g/mol. The van der Waals surface area contributed by atoms with Crippen LogP contribution in [0, 0.1) is 0 Å². The third-order valence-electron chi connectivity index (χ3n) is 2.22. The highest BCUT2D eigenvalue weighted by Crippen LogP contribution is 2.04. The van der Waals surface area contributed by atoms with Crippen molar-refractivity contribution >= 4 is 8.07 Å². The normalized spacial score (nSPS) is 14.1. The molecule has 0 saturated carbocycles. The van der Waals surface area contributed by atoms with Gasteiger partial charge >= 0.3 is 0 Å². The van der Waals surface area contributed by atoms with Crippen molar-refractivity contribution in [1.29, 1.82) is 0 Å². The molecule has 0 radical (unpaired) electrons. The number of benzene rings is 1. The van der Waals surface area contributed by atoms with Crippen LogP contribution in [0.3, 0.4) is 0 Å². The third-order valence-corrected chi connectivity index (χ3v) is 3.41. The maximum Gasteiger partial charge on any atom is 0.0951 e.